The minimum atomic E-state index is -5.08. The van der Waals surface area contributed by atoms with Gasteiger partial charge in [-0.15, -0.1) is 0 Å². The van der Waals surface area contributed by atoms with Crippen molar-refractivity contribution in [2.45, 2.75) is 51.9 Å². The highest BCUT2D eigenvalue weighted by molar-refractivity contribution is 5.86. The number of halogens is 3. The Morgan fingerprint density at radius 1 is 1.32 bits per heavy atom. The Balaban J connectivity index is 0.000000479. The van der Waals surface area contributed by atoms with Crippen LogP contribution in [-0.2, 0) is 20.9 Å². The highest BCUT2D eigenvalue weighted by Crippen LogP contribution is 2.49. The predicted molar refractivity (Wildman–Crippen MR) is 131 cm³/mol. The van der Waals surface area contributed by atoms with Crippen LogP contribution in [0.2, 0.25) is 0 Å². The fourth-order valence-corrected chi connectivity index (χ4v) is 5.13. The number of rotatable bonds is 7. The molecule has 0 bridgehead atoms. The molecule has 0 aliphatic carbocycles. The predicted octanol–water partition coefficient (Wildman–Crippen LogP) is 3.87. The minimum absolute atomic E-state index is 0.127. The first-order valence-electron chi connectivity index (χ1n) is 12.3. The fourth-order valence-electron chi connectivity index (χ4n) is 5.13. The van der Waals surface area contributed by atoms with E-state index in [1.165, 1.54) is 11.1 Å². The van der Waals surface area contributed by atoms with Gasteiger partial charge in [-0.2, -0.15) is 13.2 Å². The number of methoxy groups -OCH3 is 1. The first kappa shape index (κ1) is 28.6. The van der Waals surface area contributed by atoms with Crippen LogP contribution < -0.4 is 0 Å². The van der Waals surface area contributed by atoms with Crippen molar-refractivity contribution in [1.29, 1.82) is 0 Å². The van der Waals surface area contributed by atoms with Crippen LogP contribution in [0.5, 0.6) is 0 Å². The first-order chi connectivity index (χ1) is 17.4. The second-order valence-electron chi connectivity index (χ2n) is 10.0. The van der Waals surface area contributed by atoms with Gasteiger partial charge in [0.05, 0.1) is 24.0 Å². The van der Waals surface area contributed by atoms with Crippen molar-refractivity contribution in [3.8, 4) is 0 Å². The van der Waals surface area contributed by atoms with E-state index < -0.39 is 12.1 Å². The summed E-state index contributed by atoms with van der Waals surface area (Å²) in [5.74, 6) is -2.36. The van der Waals surface area contributed by atoms with Crippen LogP contribution in [0.15, 0.2) is 36.8 Å². The zero-order valence-corrected chi connectivity index (χ0v) is 21.7. The Labute approximate surface area is 215 Å². The molecule has 2 aliphatic heterocycles. The van der Waals surface area contributed by atoms with Crippen molar-refractivity contribution in [1.82, 2.24) is 19.4 Å². The van der Waals surface area contributed by atoms with Crippen molar-refractivity contribution in [3.05, 3.63) is 53.6 Å². The van der Waals surface area contributed by atoms with Crippen molar-refractivity contribution in [2.24, 2.45) is 5.41 Å². The Morgan fingerprint density at radius 2 is 2.03 bits per heavy atom. The molecule has 1 aromatic heterocycles. The van der Waals surface area contributed by atoms with Crippen LogP contribution in [0.3, 0.4) is 0 Å². The zero-order valence-electron chi connectivity index (χ0n) is 21.7. The standard InChI is InChI=1S/C24H34N4O2.C2HF3O2/c1-18(2)28-15-22(25-17-28)21-14-26(13-20-7-5-6-19(3)12-20)16-24(21)8-9-27(23(24)29)10-11-30-4;3-2(4,5)1(6)7/h5-7,12,15,17-18,21H,8-11,13-14,16H2,1-4H3;(H,6,7). The highest BCUT2D eigenvalue weighted by Gasteiger charge is 2.57. The third-order valence-electron chi connectivity index (χ3n) is 7.03. The number of amides is 1. The number of aliphatic carboxylic acids is 1. The molecule has 8 nitrogen and oxygen atoms in total. The van der Waals surface area contributed by atoms with Crippen LogP contribution in [0.25, 0.3) is 0 Å². The molecule has 2 fully saturated rings. The number of carbonyl (C=O) groups is 2. The first-order valence-corrected chi connectivity index (χ1v) is 12.3. The van der Waals surface area contributed by atoms with Gasteiger partial charge in [-0.05, 0) is 32.8 Å². The summed E-state index contributed by atoms with van der Waals surface area (Å²) in [4.78, 5) is 31.7. The van der Waals surface area contributed by atoms with E-state index in [9.17, 15) is 18.0 Å². The number of carboxylic acid groups (broad SMARTS) is 1. The number of benzene rings is 1. The van der Waals surface area contributed by atoms with E-state index in [1.54, 1.807) is 7.11 Å². The third kappa shape index (κ3) is 6.70. The van der Waals surface area contributed by atoms with E-state index in [2.05, 4.69) is 60.7 Å². The number of carbonyl (C=O) groups excluding carboxylic acids is 1. The van der Waals surface area contributed by atoms with Crippen LogP contribution in [0, 0.1) is 12.3 Å². The monoisotopic (exact) mass is 524 g/mol. The number of imidazole rings is 1. The number of hydrogen-bond acceptors (Lipinski definition) is 5. The van der Waals surface area contributed by atoms with Gasteiger partial charge in [0, 0.05) is 58.0 Å². The molecule has 1 amide bonds. The minimum Gasteiger partial charge on any atom is -0.475 e. The maximum Gasteiger partial charge on any atom is 0.490 e. The molecule has 1 N–H and O–H groups in total. The second kappa shape index (κ2) is 11.6. The number of aromatic nitrogens is 2. The van der Waals surface area contributed by atoms with Gasteiger partial charge in [0.25, 0.3) is 0 Å². The van der Waals surface area contributed by atoms with Gasteiger partial charge in [-0.3, -0.25) is 9.69 Å². The number of alkyl halides is 3. The van der Waals surface area contributed by atoms with Crippen LogP contribution in [0.4, 0.5) is 13.2 Å². The van der Waals surface area contributed by atoms with Crippen LogP contribution >= 0.6 is 0 Å². The molecule has 204 valence electrons. The number of nitrogens with zero attached hydrogens (tertiary/aromatic N) is 4. The molecular weight excluding hydrogens is 489 g/mol. The molecule has 1 spiro atoms. The molecule has 3 heterocycles. The number of ether oxygens (including phenoxy) is 1. The van der Waals surface area contributed by atoms with E-state index >= 15 is 0 Å². The van der Waals surface area contributed by atoms with Gasteiger partial charge in [-0.25, -0.2) is 9.78 Å². The maximum atomic E-state index is 13.6. The molecule has 1 aromatic carbocycles. The largest absolute Gasteiger partial charge is 0.490 e. The SMILES string of the molecule is COCCN1CCC2(CN(Cc3cccc(C)c3)CC2c2cn(C(C)C)cn2)C1=O.O=C(O)C(F)(F)F. The summed E-state index contributed by atoms with van der Waals surface area (Å²) in [5.41, 5.74) is 3.25. The van der Waals surface area contributed by atoms with E-state index in [-0.39, 0.29) is 17.2 Å². The van der Waals surface area contributed by atoms with Crippen molar-refractivity contribution in [2.75, 3.05) is 39.9 Å². The molecule has 2 aromatic rings. The molecule has 37 heavy (non-hydrogen) atoms. The topological polar surface area (TPSA) is 87.9 Å². The van der Waals surface area contributed by atoms with E-state index in [0.717, 1.165) is 38.3 Å². The molecular formula is C26H35F3N4O4. The average molecular weight is 525 g/mol. The summed E-state index contributed by atoms with van der Waals surface area (Å²) < 4.78 is 39.1. The van der Waals surface area contributed by atoms with Crippen molar-refractivity contribution >= 4 is 11.9 Å². The Bertz CT molecular complexity index is 1090. The van der Waals surface area contributed by atoms with Crippen LogP contribution in [-0.4, -0.2) is 82.4 Å². The summed E-state index contributed by atoms with van der Waals surface area (Å²) in [6.45, 7) is 11.0. The van der Waals surface area contributed by atoms with Gasteiger partial charge in [-0.1, -0.05) is 29.8 Å². The molecule has 2 aliphatic rings. The van der Waals surface area contributed by atoms with E-state index in [1.807, 2.05) is 11.2 Å². The lowest BCUT2D eigenvalue weighted by atomic mass is 9.75. The summed E-state index contributed by atoms with van der Waals surface area (Å²) in [7, 11) is 1.69. The fraction of sp³-hybridized carbons (Fsp3) is 0.577. The third-order valence-corrected chi connectivity index (χ3v) is 7.03. The van der Waals surface area contributed by atoms with Gasteiger partial charge in [0.15, 0.2) is 0 Å². The lowest BCUT2D eigenvalue weighted by Crippen LogP contribution is -2.40. The second-order valence-corrected chi connectivity index (χ2v) is 10.0. The molecule has 2 unspecified atom stereocenters. The number of likely N-dealkylation sites (tertiary alicyclic amines) is 2. The van der Waals surface area contributed by atoms with Gasteiger partial charge in [0.1, 0.15) is 0 Å². The van der Waals surface area contributed by atoms with Crippen molar-refractivity contribution in [3.63, 3.8) is 0 Å². The van der Waals surface area contributed by atoms with E-state index in [4.69, 9.17) is 19.6 Å². The van der Waals surface area contributed by atoms with Crippen molar-refractivity contribution < 1.29 is 32.6 Å². The van der Waals surface area contributed by atoms with Gasteiger partial charge in [0.2, 0.25) is 5.91 Å². The van der Waals surface area contributed by atoms with Crippen LogP contribution in [0.1, 0.15) is 49.0 Å². The number of aryl methyl sites for hydroxylation is 1. The number of hydrogen-bond donors (Lipinski definition) is 1. The lowest BCUT2D eigenvalue weighted by molar-refractivity contribution is -0.192. The molecule has 0 saturated carbocycles. The average Bonchev–Trinajstić information content (AvgIpc) is 3.51. The molecule has 11 heteroatoms. The Hall–Kier alpha value is -2.92. The Morgan fingerprint density at radius 3 is 2.59 bits per heavy atom. The summed E-state index contributed by atoms with van der Waals surface area (Å²) >= 11 is 0. The summed E-state index contributed by atoms with van der Waals surface area (Å²) in [5, 5.41) is 7.12. The lowest BCUT2D eigenvalue weighted by Gasteiger charge is -2.28. The quantitative estimate of drug-likeness (QED) is 0.592. The van der Waals surface area contributed by atoms with Gasteiger partial charge >= 0.3 is 12.1 Å². The molecule has 0 radical (unpaired) electrons. The number of carboxylic acids is 1. The molecule has 4 rings (SSSR count). The summed E-state index contributed by atoms with van der Waals surface area (Å²) in [6.07, 6.45) is -0.129. The smallest absolute Gasteiger partial charge is 0.475 e. The molecule has 2 atom stereocenters. The van der Waals surface area contributed by atoms with E-state index in [0.29, 0.717) is 19.2 Å². The molecule has 2 saturated heterocycles. The highest BCUT2D eigenvalue weighted by atomic mass is 19.4. The maximum absolute atomic E-state index is 13.6. The van der Waals surface area contributed by atoms with Gasteiger partial charge < -0.3 is 19.3 Å². The normalized spacial score (nSPS) is 22.1. The zero-order chi connectivity index (χ0) is 27.4. The Kier molecular flexibility index (Phi) is 9.01. The summed E-state index contributed by atoms with van der Waals surface area (Å²) in [6, 6.07) is 9.04.